The quantitative estimate of drug-likeness (QED) is 0.387. The number of hydrogen-bond donors (Lipinski definition) is 3. The summed E-state index contributed by atoms with van der Waals surface area (Å²) in [5.74, 6) is 1.17. The number of carbonyl (C=O) groups excluding carboxylic acids is 1. The van der Waals surface area contributed by atoms with Gasteiger partial charge in [0.2, 0.25) is 5.95 Å². The van der Waals surface area contributed by atoms with Gasteiger partial charge in [-0.05, 0) is 61.9 Å². The van der Waals surface area contributed by atoms with Crippen molar-refractivity contribution in [2.75, 3.05) is 17.7 Å². The molecule has 2 aromatic heterocycles. The number of H-pyrrole nitrogens is 1. The van der Waals surface area contributed by atoms with Gasteiger partial charge in [-0.2, -0.15) is 0 Å². The molecule has 2 heterocycles. The Hall–Kier alpha value is -4.53. The van der Waals surface area contributed by atoms with Crippen LogP contribution in [-0.4, -0.2) is 33.0 Å². The molecule has 172 valence electrons. The van der Waals surface area contributed by atoms with E-state index >= 15 is 0 Å². The lowest BCUT2D eigenvalue weighted by Crippen LogP contribution is -2.20. The molecular formula is C25H24N6O3. The van der Waals surface area contributed by atoms with E-state index in [0.717, 1.165) is 28.4 Å². The smallest absolute Gasteiger partial charge is 0.274 e. The van der Waals surface area contributed by atoms with Crippen LogP contribution in [0.5, 0.6) is 5.75 Å². The van der Waals surface area contributed by atoms with Crippen LogP contribution in [0.4, 0.5) is 17.3 Å². The largest absolute Gasteiger partial charge is 0.497 e. The average Bonchev–Trinajstić information content (AvgIpc) is 2.80. The van der Waals surface area contributed by atoms with Gasteiger partial charge in [0.05, 0.1) is 7.11 Å². The second kappa shape index (κ2) is 9.95. The third-order valence-corrected chi connectivity index (χ3v) is 4.94. The summed E-state index contributed by atoms with van der Waals surface area (Å²) >= 11 is 0. The number of rotatable bonds is 7. The van der Waals surface area contributed by atoms with Crippen molar-refractivity contribution in [3.63, 3.8) is 0 Å². The van der Waals surface area contributed by atoms with E-state index in [4.69, 9.17) is 4.74 Å². The van der Waals surface area contributed by atoms with Gasteiger partial charge >= 0.3 is 0 Å². The summed E-state index contributed by atoms with van der Waals surface area (Å²) in [5, 5.41) is 5.91. The fourth-order valence-corrected chi connectivity index (χ4v) is 3.39. The molecule has 2 aromatic carbocycles. The van der Waals surface area contributed by atoms with Gasteiger partial charge < -0.3 is 20.4 Å². The molecule has 0 fully saturated rings. The van der Waals surface area contributed by atoms with Crippen LogP contribution in [0.2, 0.25) is 0 Å². The average molecular weight is 457 g/mol. The minimum atomic E-state index is -0.472. The SMILES string of the molecule is COc1ccc(Cc2nc(C(=O)Nc3ccc(Nc4nc(C)cc(C)n4)cc3)cc(=O)[nH]2)cc1. The van der Waals surface area contributed by atoms with Crippen LogP contribution < -0.4 is 20.9 Å². The summed E-state index contributed by atoms with van der Waals surface area (Å²) in [5.41, 5.74) is 3.66. The number of aromatic amines is 1. The topological polar surface area (TPSA) is 122 Å². The molecule has 0 spiro atoms. The zero-order chi connectivity index (χ0) is 24.1. The van der Waals surface area contributed by atoms with E-state index in [-0.39, 0.29) is 5.69 Å². The molecule has 0 radical (unpaired) electrons. The molecule has 9 nitrogen and oxygen atoms in total. The summed E-state index contributed by atoms with van der Waals surface area (Å²) in [6.07, 6.45) is 0.376. The number of aryl methyl sites for hydroxylation is 2. The Morgan fingerprint density at radius 2 is 1.56 bits per heavy atom. The van der Waals surface area contributed by atoms with Crippen molar-refractivity contribution in [2.24, 2.45) is 0 Å². The maximum Gasteiger partial charge on any atom is 0.274 e. The second-order valence-electron chi connectivity index (χ2n) is 7.73. The van der Waals surface area contributed by atoms with Gasteiger partial charge in [-0.15, -0.1) is 0 Å². The predicted octanol–water partition coefficient (Wildman–Crippen LogP) is 3.77. The lowest BCUT2D eigenvalue weighted by Gasteiger charge is -2.09. The van der Waals surface area contributed by atoms with Crippen LogP contribution in [0.25, 0.3) is 0 Å². The molecular weight excluding hydrogens is 432 g/mol. The molecule has 0 saturated carbocycles. The highest BCUT2D eigenvalue weighted by molar-refractivity contribution is 6.02. The van der Waals surface area contributed by atoms with Gasteiger partial charge in [0, 0.05) is 35.2 Å². The zero-order valence-electron chi connectivity index (χ0n) is 19.0. The summed E-state index contributed by atoms with van der Waals surface area (Å²) in [6.45, 7) is 3.81. The van der Waals surface area contributed by atoms with E-state index in [9.17, 15) is 9.59 Å². The first kappa shape index (κ1) is 22.7. The van der Waals surface area contributed by atoms with Gasteiger partial charge in [-0.25, -0.2) is 15.0 Å². The van der Waals surface area contributed by atoms with Gasteiger partial charge in [0.15, 0.2) is 0 Å². The van der Waals surface area contributed by atoms with Crippen LogP contribution in [0.3, 0.4) is 0 Å². The van der Waals surface area contributed by atoms with E-state index in [0.29, 0.717) is 23.9 Å². The first-order valence-corrected chi connectivity index (χ1v) is 10.6. The highest BCUT2D eigenvalue weighted by Gasteiger charge is 2.12. The third kappa shape index (κ3) is 5.83. The third-order valence-electron chi connectivity index (χ3n) is 4.94. The molecule has 0 aliphatic carbocycles. The molecule has 0 bridgehead atoms. The molecule has 4 aromatic rings. The summed E-state index contributed by atoms with van der Waals surface area (Å²) in [4.78, 5) is 40.6. The molecule has 0 aliphatic heterocycles. The Labute approximate surface area is 196 Å². The molecule has 3 N–H and O–H groups in total. The maximum atomic E-state index is 12.7. The van der Waals surface area contributed by atoms with E-state index < -0.39 is 11.5 Å². The number of anilines is 3. The number of nitrogens with zero attached hydrogens (tertiary/aromatic N) is 3. The minimum absolute atomic E-state index is 0.0399. The van der Waals surface area contributed by atoms with Crippen molar-refractivity contribution < 1.29 is 9.53 Å². The standard InChI is InChI=1S/C25H24N6O3/c1-15-12-16(2)27-25(26-15)29-19-8-6-18(7-9-19)28-24(33)21-14-23(32)31-22(30-21)13-17-4-10-20(34-3)11-5-17/h4-12,14H,13H2,1-3H3,(H,28,33)(H,26,27,29)(H,30,31,32). The molecule has 0 aliphatic rings. The number of nitrogens with one attached hydrogen (secondary N) is 3. The van der Waals surface area contributed by atoms with Crippen molar-refractivity contribution in [2.45, 2.75) is 20.3 Å². The molecule has 1 amide bonds. The Balaban J connectivity index is 1.44. The van der Waals surface area contributed by atoms with E-state index in [2.05, 4.69) is 30.6 Å². The number of methoxy groups -OCH3 is 1. The highest BCUT2D eigenvalue weighted by atomic mass is 16.5. The zero-order valence-corrected chi connectivity index (χ0v) is 19.0. The predicted molar refractivity (Wildman–Crippen MR) is 130 cm³/mol. The normalized spacial score (nSPS) is 10.6. The van der Waals surface area contributed by atoms with E-state index in [1.807, 2.05) is 44.2 Å². The number of ether oxygens (including phenoxy) is 1. The molecule has 0 unspecified atom stereocenters. The van der Waals surface area contributed by atoms with Crippen LogP contribution in [0, 0.1) is 13.8 Å². The Morgan fingerprint density at radius 3 is 2.21 bits per heavy atom. The first-order valence-electron chi connectivity index (χ1n) is 10.6. The monoisotopic (exact) mass is 456 g/mol. The van der Waals surface area contributed by atoms with Gasteiger partial charge in [0.25, 0.3) is 11.5 Å². The van der Waals surface area contributed by atoms with Crippen LogP contribution in [0.1, 0.15) is 33.3 Å². The van der Waals surface area contributed by atoms with Crippen molar-refractivity contribution in [1.29, 1.82) is 0 Å². The number of carbonyl (C=O) groups is 1. The summed E-state index contributed by atoms with van der Waals surface area (Å²) < 4.78 is 5.16. The Kier molecular flexibility index (Phi) is 6.63. The minimum Gasteiger partial charge on any atom is -0.497 e. The lowest BCUT2D eigenvalue weighted by molar-refractivity contribution is 0.102. The first-order chi connectivity index (χ1) is 16.4. The molecule has 34 heavy (non-hydrogen) atoms. The van der Waals surface area contributed by atoms with Crippen molar-refractivity contribution in [3.05, 3.63) is 99.5 Å². The molecule has 0 saturated heterocycles. The lowest BCUT2D eigenvalue weighted by atomic mass is 10.1. The second-order valence-corrected chi connectivity index (χ2v) is 7.73. The van der Waals surface area contributed by atoms with E-state index in [1.165, 1.54) is 6.07 Å². The van der Waals surface area contributed by atoms with Crippen LogP contribution in [0.15, 0.2) is 65.5 Å². The van der Waals surface area contributed by atoms with E-state index in [1.54, 1.807) is 31.4 Å². The number of amides is 1. The molecule has 9 heteroatoms. The van der Waals surface area contributed by atoms with Crippen molar-refractivity contribution >= 4 is 23.2 Å². The van der Waals surface area contributed by atoms with Crippen molar-refractivity contribution in [1.82, 2.24) is 19.9 Å². The van der Waals surface area contributed by atoms with Crippen LogP contribution in [-0.2, 0) is 6.42 Å². The Bertz CT molecular complexity index is 1340. The summed E-state index contributed by atoms with van der Waals surface area (Å²) in [6, 6.07) is 17.6. The highest BCUT2D eigenvalue weighted by Crippen LogP contribution is 2.18. The fourth-order valence-electron chi connectivity index (χ4n) is 3.39. The molecule has 4 rings (SSSR count). The van der Waals surface area contributed by atoms with Crippen molar-refractivity contribution in [3.8, 4) is 5.75 Å². The number of benzene rings is 2. The fraction of sp³-hybridized carbons (Fsp3) is 0.160. The van der Waals surface area contributed by atoms with Crippen LogP contribution >= 0.6 is 0 Å². The van der Waals surface area contributed by atoms with Gasteiger partial charge in [-0.1, -0.05) is 12.1 Å². The molecule has 0 atom stereocenters. The number of hydrogen-bond acceptors (Lipinski definition) is 7. The van der Waals surface area contributed by atoms with Gasteiger partial charge in [0.1, 0.15) is 17.3 Å². The van der Waals surface area contributed by atoms with Gasteiger partial charge in [-0.3, -0.25) is 9.59 Å². The Morgan fingerprint density at radius 1 is 0.912 bits per heavy atom. The maximum absolute atomic E-state index is 12.7. The summed E-state index contributed by atoms with van der Waals surface area (Å²) in [7, 11) is 1.60. The number of aromatic nitrogens is 4.